The zero-order chi connectivity index (χ0) is 27.3. The molecule has 0 fully saturated rings. The number of carbonyl (C=O) groups excluding carboxylic acids is 2. The highest BCUT2D eigenvalue weighted by atomic mass is 35.5. The SMILES string of the molecule is CC[C@@H](C)NC(=O)[C@@H](C)N(Cc1ccc(Cl)c(Cl)c1)C(=O)CN(c1ccc2c(c1)OCO2)S(=O)(=O)CC. The molecule has 1 N–H and O–H groups in total. The van der Waals surface area contributed by atoms with Crippen molar-refractivity contribution in [1.82, 2.24) is 10.2 Å². The van der Waals surface area contributed by atoms with E-state index in [1.165, 1.54) is 17.9 Å². The monoisotopic (exact) mass is 571 g/mol. The zero-order valence-corrected chi connectivity index (χ0v) is 23.5. The minimum Gasteiger partial charge on any atom is -0.454 e. The lowest BCUT2D eigenvalue weighted by Gasteiger charge is -2.32. The fraction of sp³-hybridized carbons (Fsp3) is 0.440. The normalized spacial score (nSPS) is 14.1. The molecule has 1 aliphatic rings. The highest BCUT2D eigenvalue weighted by Crippen LogP contribution is 2.36. The molecule has 2 amide bonds. The Morgan fingerprint density at radius 1 is 1.03 bits per heavy atom. The fourth-order valence-corrected chi connectivity index (χ4v) is 5.02. The lowest BCUT2D eigenvalue weighted by Crippen LogP contribution is -2.52. The van der Waals surface area contributed by atoms with Crippen LogP contribution >= 0.6 is 23.2 Å². The van der Waals surface area contributed by atoms with Crippen LogP contribution in [0.3, 0.4) is 0 Å². The number of carbonyl (C=O) groups is 2. The fourth-order valence-electron chi connectivity index (χ4n) is 3.64. The molecular weight excluding hydrogens is 541 g/mol. The third-order valence-corrected chi connectivity index (χ3v) is 8.61. The van der Waals surface area contributed by atoms with E-state index in [1.807, 2.05) is 13.8 Å². The van der Waals surface area contributed by atoms with E-state index in [2.05, 4.69) is 5.32 Å². The molecule has 1 aliphatic heterocycles. The maximum Gasteiger partial charge on any atom is 0.244 e. The summed E-state index contributed by atoms with van der Waals surface area (Å²) in [5.74, 6) is -0.273. The molecule has 0 aliphatic carbocycles. The van der Waals surface area contributed by atoms with Crippen LogP contribution in [0, 0.1) is 0 Å². The van der Waals surface area contributed by atoms with E-state index >= 15 is 0 Å². The highest BCUT2D eigenvalue weighted by Gasteiger charge is 2.32. The van der Waals surface area contributed by atoms with Gasteiger partial charge in [-0.15, -0.1) is 0 Å². The summed E-state index contributed by atoms with van der Waals surface area (Å²) in [6.45, 7) is 6.43. The van der Waals surface area contributed by atoms with Crippen molar-refractivity contribution in [3.63, 3.8) is 0 Å². The summed E-state index contributed by atoms with van der Waals surface area (Å²) in [5, 5.41) is 3.54. The number of amides is 2. The Hall–Kier alpha value is -2.69. The summed E-state index contributed by atoms with van der Waals surface area (Å²) < 4.78 is 37.9. The molecule has 9 nitrogen and oxygen atoms in total. The molecular formula is C25H31Cl2N3O6S. The number of hydrogen-bond donors (Lipinski definition) is 1. The molecule has 202 valence electrons. The summed E-state index contributed by atoms with van der Waals surface area (Å²) in [4.78, 5) is 28.0. The third kappa shape index (κ3) is 7.00. The van der Waals surface area contributed by atoms with Crippen molar-refractivity contribution in [3.8, 4) is 11.5 Å². The summed E-state index contributed by atoms with van der Waals surface area (Å²) in [6.07, 6.45) is 0.714. The number of rotatable bonds is 11. The molecule has 0 bridgehead atoms. The van der Waals surface area contributed by atoms with Crippen LogP contribution in [0.2, 0.25) is 10.0 Å². The van der Waals surface area contributed by atoms with E-state index in [0.717, 1.165) is 4.31 Å². The van der Waals surface area contributed by atoms with E-state index in [-0.39, 0.29) is 36.7 Å². The van der Waals surface area contributed by atoms with Crippen LogP contribution in [0.5, 0.6) is 11.5 Å². The second-order valence-corrected chi connectivity index (χ2v) is 11.7. The summed E-state index contributed by atoms with van der Waals surface area (Å²) in [7, 11) is -3.86. The van der Waals surface area contributed by atoms with E-state index in [0.29, 0.717) is 33.5 Å². The van der Waals surface area contributed by atoms with Gasteiger partial charge in [0.25, 0.3) is 0 Å². The van der Waals surface area contributed by atoms with Crippen molar-refractivity contribution in [2.75, 3.05) is 23.4 Å². The van der Waals surface area contributed by atoms with Gasteiger partial charge in [0, 0.05) is 18.7 Å². The van der Waals surface area contributed by atoms with Gasteiger partial charge in [0.2, 0.25) is 28.6 Å². The molecule has 2 aromatic rings. The second-order valence-electron chi connectivity index (χ2n) is 8.71. The number of nitrogens with zero attached hydrogens (tertiary/aromatic N) is 2. The van der Waals surface area contributed by atoms with Crippen LogP contribution in [-0.4, -0.2) is 56.3 Å². The van der Waals surface area contributed by atoms with Crippen LogP contribution in [0.4, 0.5) is 5.69 Å². The predicted molar refractivity (Wildman–Crippen MR) is 144 cm³/mol. The molecule has 0 saturated heterocycles. The standard InChI is InChI=1S/C25H31Cl2N3O6S/c1-5-16(3)28-25(32)17(4)29(13-18-7-9-20(26)21(27)11-18)24(31)14-30(37(33,34)6-2)19-8-10-22-23(12-19)36-15-35-22/h7-12,16-17H,5-6,13-15H2,1-4H3,(H,28,32)/t16-,17-/m1/s1. The van der Waals surface area contributed by atoms with E-state index in [9.17, 15) is 18.0 Å². The minimum atomic E-state index is -3.86. The Bertz CT molecular complexity index is 1260. The van der Waals surface area contributed by atoms with E-state index in [1.54, 1.807) is 37.3 Å². The van der Waals surface area contributed by atoms with Gasteiger partial charge in [0.1, 0.15) is 12.6 Å². The molecule has 37 heavy (non-hydrogen) atoms. The smallest absolute Gasteiger partial charge is 0.244 e. The third-order valence-electron chi connectivity index (χ3n) is 6.13. The van der Waals surface area contributed by atoms with Crippen LogP contribution in [0.1, 0.15) is 39.7 Å². The lowest BCUT2D eigenvalue weighted by molar-refractivity contribution is -0.139. The quantitative estimate of drug-likeness (QED) is 0.433. The van der Waals surface area contributed by atoms with Gasteiger partial charge < -0.3 is 19.7 Å². The highest BCUT2D eigenvalue weighted by molar-refractivity contribution is 7.92. The van der Waals surface area contributed by atoms with Crippen molar-refractivity contribution in [2.24, 2.45) is 0 Å². The Morgan fingerprint density at radius 2 is 1.73 bits per heavy atom. The van der Waals surface area contributed by atoms with Crippen molar-refractivity contribution in [3.05, 3.63) is 52.0 Å². The summed E-state index contributed by atoms with van der Waals surface area (Å²) in [6, 6.07) is 8.60. The van der Waals surface area contributed by atoms with Crippen LogP contribution < -0.4 is 19.1 Å². The van der Waals surface area contributed by atoms with Gasteiger partial charge in [0.15, 0.2) is 11.5 Å². The maximum absolute atomic E-state index is 13.7. The van der Waals surface area contributed by atoms with Crippen LogP contribution in [0.15, 0.2) is 36.4 Å². The van der Waals surface area contributed by atoms with Gasteiger partial charge in [-0.05, 0) is 57.0 Å². The largest absolute Gasteiger partial charge is 0.454 e. The average molecular weight is 573 g/mol. The molecule has 0 unspecified atom stereocenters. The molecule has 12 heteroatoms. The molecule has 0 saturated carbocycles. The number of anilines is 1. The van der Waals surface area contributed by atoms with Crippen LogP contribution in [0.25, 0.3) is 0 Å². The first-order valence-electron chi connectivity index (χ1n) is 11.9. The van der Waals surface area contributed by atoms with Gasteiger partial charge in [-0.25, -0.2) is 8.42 Å². The number of halogens is 2. The number of sulfonamides is 1. The molecule has 2 atom stereocenters. The Labute approximate surface area is 227 Å². The Morgan fingerprint density at radius 3 is 2.38 bits per heavy atom. The number of fused-ring (bicyclic) bond motifs is 1. The van der Waals surface area contributed by atoms with Gasteiger partial charge >= 0.3 is 0 Å². The summed E-state index contributed by atoms with van der Waals surface area (Å²) in [5.41, 5.74) is 0.893. The minimum absolute atomic E-state index is 0.0198. The predicted octanol–water partition coefficient (Wildman–Crippen LogP) is 4.21. The number of hydrogen-bond acceptors (Lipinski definition) is 6. The number of nitrogens with one attached hydrogen (secondary N) is 1. The maximum atomic E-state index is 13.7. The Kier molecular flexibility index (Phi) is 9.55. The van der Waals surface area contributed by atoms with Gasteiger partial charge in [-0.1, -0.05) is 36.2 Å². The first kappa shape index (κ1) is 28.9. The molecule has 1 heterocycles. The molecule has 0 radical (unpaired) electrons. The Balaban J connectivity index is 1.95. The van der Waals surface area contributed by atoms with Gasteiger partial charge in [0.05, 0.1) is 21.5 Å². The van der Waals surface area contributed by atoms with Crippen molar-refractivity contribution in [1.29, 1.82) is 0 Å². The van der Waals surface area contributed by atoms with E-state index in [4.69, 9.17) is 32.7 Å². The lowest BCUT2D eigenvalue weighted by atomic mass is 10.1. The number of benzene rings is 2. The number of ether oxygens (including phenoxy) is 2. The van der Waals surface area contributed by atoms with Gasteiger partial charge in [-0.2, -0.15) is 0 Å². The summed E-state index contributed by atoms with van der Waals surface area (Å²) >= 11 is 12.2. The average Bonchev–Trinajstić information content (AvgIpc) is 3.35. The van der Waals surface area contributed by atoms with Crippen molar-refractivity contribution >= 4 is 50.7 Å². The van der Waals surface area contributed by atoms with Crippen LogP contribution in [-0.2, 0) is 26.2 Å². The molecule has 0 aromatic heterocycles. The molecule has 3 rings (SSSR count). The topological polar surface area (TPSA) is 105 Å². The van der Waals surface area contributed by atoms with Crippen molar-refractivity contribution < 1.29 is 27.5 Å². The van der Waals surface area contributed by atoms with Gasteiger partial charge in [-0.3, -0.25) is 13.9 Å². The van der Waals surface area contributed by atoms with Crippen molar-refractivity contribution in [2.45, 2.75) is 52.7 Å². The first-order chi connectivity index (χ1) is 17.5. The van der Waals surface area contributed by atoms with E-state index < -0.39 is 28.5 Å². The molecule has 0 spiro atoms. The molecule has 2 aromatic carbocycles. The first-order valence-corrected chi connectivity index (χ1v) is 14.3. The zero-order valence-electron chi connectivity index (χ0n) is 21.2. The second kappa shape index (κ2) is 12.2.